The third kappa shape index (κ3) is 7.25. The highest BCUT2D eigenvalue weighted by atomic mass is 16.6. The van der Waals surface area contributed by atoms with E-state index in [1.807, 2.05) is 0 Å². The Labute approximate surface area is 156 Å². The van der Waals surface area contributed by atoms with Crippen LogP contribution in [0.4, 0.5) is 0 Å². The second-order valence-corrected chi connectivity index (χ2v) is 5.32. The topological polar surface area (TPSA) is 131 Å². The lowest BCUT2D eigenvalue weighted by Crippen LogP contribution is -2.39. The van der Waals surface area contributed by atoms with Crippen LogP contribution in [-0.2, 0) is 28.6 Å². The number of nitrogens with zero attached hydrogens (tertiary/aromatic N) is 3. The second kappa shape index (κ2) is 10.9. The van der Waals surface area contributed by atoms with Crippen LogP contribution in [0.2, 0.25) is 0 Å². The maximum Gasteiger partial charge on any atom is 0.348 e. The van der Waals surface area contributed by atoms with Crippen LogP contribution in [0.15, 0.2) is 36.6 Å². The quantitative estimate of drug-likeness (QED) is 0.186. The van der Waals surface area contributed by atoms with Gasteiger partial charge in [0.15, 0.2) is 0 Å². The van der Waals surface area contributed by atoms with Crippen molar-refractivity contribution in [2.75, 3.05) is 19.8 Å². The molecule has 9 nitrogen and oxygen atoms in total. The average Bonchev–Trinajstić information content (AvgIpc) is 2.70. The van der Waals surface area contributed by atoms with E-state index >= 15 is 0 Å². The number of carbonyl (C=O) groups excluding carboxylic acids is 3. The summed E-state index contributed by atoms with van der Waals surface area (Å²) in [5.74, 6) is -2.96. The normalized spacial score (nSPS) is 9.56. The van der Waals surface area contributed by atoms with E-state index in [1.54, 1.807) is 6.92 Å². The van der Waals surface area contributed by atoms with Crippen LogP contribution in [0.25, 0.3) is 4.85 Å². The minimum absolute atomic E-state index is 0.212. The zero-order valence-electron chi connectivity index (χ0n) is 14.7. The molecule has 0 saturated heterocycles. The summed E-state index contributed by atoms with van der Waals surface area (Å²) in [4.78, 5) is 37.8. The molecule has 0 atom stereocenters. The van der Waals surface area contributed by atoms with Gasteiger partial charge in [0.25, 0.3) is 5.70 Å². The Balaban J connectivity index is 5.32. The molecule has 0 fully saturated rings. The minimum Gasteiger partial charge on any atom is -0.470 e. The van der Waals surface area contributed by atoms with Gasteiger partial charge in [0.1, 0.15) is 43.1 Å². The number of rotatable bonds is 10. The van der Waals surface area contributed by atoms with Gasteiger partial charge < -0.3 is 14.2 Å². The molecule has 0 aliphatic heterocycles. The van der Waals surface area contributed by atoms with Crippen LogP contribution >= 0.6 is 0 Å². The zero-order chi connectivity index (χ0) is 21.0. The maximum atomic E-state index is 11.7. The van der Waals surface area contributed by atoms with Gasteiger partial charge in [-0.05, 0) is 6.42 Å². The summed E-state index contributed by atoms with van der Waals surface area (Å²) in [6.07, 6.45) is 0.212. The smallest absolute Gasteiger partial charge is 0.348 e. The Bertz CT molecular complexity index is 689. The molecule has 0 N–H and O–H groups in total. The van der Waals surface area contributed by atoms with Gasteiger partial charge in [0, 0.05) is 0 Å². The Morgan fingerprint density at radius 2 is 1.30 bits per heavy atom. The summed E-state index contributed by atoms with van der Waals surface area (Å²) in [6.45, 7) is 16.9. The van der Waals surface area contributed by atoms with E-state index in [1.165, 1.54) is 12.1 Å². The summed E-state index contributed by atoms with van der Waals surface area (Å²) < 4.78 is 14.9. The molecule has 0 spiro atoms. The lowest BCUT2D eigenvalue weighted by Gasteiger charge is -2.30. The first-order valence-electron chi connectivity index (χ1n) is 7.42. The zero-order valence-corrected chi connectivity index (χ0v) is 14.7. The fourth-order valence-electron chi connectivity index (χ4n) is 1.48. The number of hydrogen-bond donors (Lipinski definition) is 0. The van der Waals surface area contributed by atoms with E-state index in [2.05, 4.69) is 24.6 Å². The molecule has 27 heavy (non-hydrogen) atoms. The fourth-order valence-corrected chi connectivity index (χ4v) is 1.48. The van der Waals surface area contributed by atoms with Crippen molar-refractivity contribution in [3.63, 3.8) is 0 Å². The van der Waals surface area contributed by atoms with E-state index in [9.17, 15) is 14.4 Å². The molecule has 9 heteroatoms. The molecule has 0 amide bonds. The Hall–Kier alpha value is -3.90. The molecule has 0 aliphatic carbocycles. The SMILES string of the molecule is [C-]#[N+]C(=C)C(=O)OCC(CC)(COC(=O)C(=C)C#N)COC(=O)C(=C)C#N. The third-order valence-electron chi connectivity index (χ3n) is 3.41. The van der Waals surface area contributed by atoms with Crippen molar-refractivity contribution in [2.24, 2.45) is 5.41 Å². The van der Waals surface area contributed by atoms with Crippen molar-refractivity contribution in [3.05, 3.63) is 48.0 Å². The van der Waals surface area contributed by atoms with Crippen LogP contribution in [0.3, 0.4) is 0 Å². The highest BCUT2D eigenvalue weighted by Crippen LogP contribution is 2.25. The molecule has 0 rings (SSSR count). The van der Waals surface area contributed by atoms with Crippen LogP contribution < -0.4 is 0 Å². The predicted octanol–water partition coefficient (Wildman–Crippen LogP) is 1.60. The van der Waals surface area contributed by atoms with E-state index in [0.29, 0.717) is 0 Å². The van der Waals surface area contributed by atoms with Gasteiger partial charge in [0.05, 0.1) is 12.0 Å². The largest absolute Gasteiger partial charge is 0.470 e. The Morgan fingerprint density at radius 3 is 1.59 bits per heavy atom. The maximum absolute atomic E-state index is 11.7. The van der Waals surface area contributed by atoms with E-state index in [0.717, 1.165) is 0 Å². The number of esters is 3. The van der Waals surface area contributed by atoms with Crippen molar-refractivity contribution < 1.29 is 28.6 Å². The molecule has 0 aliphatic rings. The Morgan fingerprint density at radius 1 is 0.926 bits per heavy atom. The molecule has 0 radical (unpaired) electrons. The van der Waals surface area contributed by atoms with Gasteiger partial charge >= 0.3 is 17.9 Å². The molecule has 0 aromatic carbocycles. The lowest BCUT2D eigenvalue weighted by molar-refractivity contribution is -0.156. The first kappa shape index (κ1) is 23.1. The van der Waals surface area contributed by atoms with Crippen LogP contribution in [0, 0.1) is 34.6 Å². The van der Waals surface area contributed by atoms with Gasteiger partial charge in [0.2, 0.25) is 0 Å². The predicted molar refractivity (Wildman–Crippen MR) is 90.8 cm³/mol. The highest BCUT2D eigenvalue weighted by Gasteiger charge is 2.35. The first-order valence-corrected chi connectivity index (χ1v) is 7.42. The van der Waals surface area contributed by atoms with Gasteiger partial charge in [-0.1, -0.05) is 26.7 Å². The summed E-state index contributed by atoms with van der Waals surface area (Å²) in [5, 5.41) is 17.3. The number of carbonyl (C=O) groups is 3. The molecular formula is C18H17N3O6. The van der Waals surface area contributed by atoms with E-state index in [-0.39, 0.29) is 26.2 Å². The van der Waals surface area contributed by atoms with Gasteiger partial charge in [-0.3, -0.25) is 4.79 Å². The first-order chi connectivity index (χ1) is 12.7. The minimum atomic E-state index is -1.19. The molecule has 0 aromatic heterocycles. The second-order valence-electron chi connectivity index (χ2n) is 5.32. The number of nitriles is 2. The molecule has 0 heterocycles. The average molecular weight is 371 g/mol. The molecule has 0 bridgehead atoms. The number of hydrogen-bond acceptors (Lipinski definition) is 8. The van der Waals surface area contributed by atoms with Gasteiger partial charge in [-0.15, -0.1) is 0 Å². The molecule has 0 saturated carbocycles. The number of ether oxygens (including phenoxy) is 3. The summed E-state index contributed by atoms with van der Waals surface area (Å²) >= 11 is 0. The van der Waals surface area contributed by atoms with E-state index < -0.39 is 40.2 Å². The fraction of sp³-hybridized carbons (Fsp3) is 0.333. The van der Waals surface area contributed by atoms with Crippen LogP contribution in [0.5, 0.6) is 0 Å². The standard InChI is InChI=1S/C18H17N3O6/c1-6-18(9-25-15(22)12(2)7-19,10-26-16(23)13(3)8-20)11-27-17(24)14(4)21-5/h2-4,6,9-11H2,1H3. The summed E-state index contributed by atoms with van der Waals surface area (Å²) in [6, 6.07) is 3.06. The summed E-state index contributed by atoms with van der Waals surface area (Å²) in [5.41, 5.74) is -2.51. The highest BCUT2D eigenvalue weighted by molar-refractivity contribution is 5.92. The van der Waals surface area contributed by atoms with Crippen molar-refractivity contribution in [1.29, 1.82) is 10.5 Å². The van der Waals surface area contributed by atoms with Crippen molar-refractivity contribution >= 4 is 17.9 Å². The third-order valence-corrected chi connectivity index (χ3v) is 3.41. The molecule has 140 valence electrons. The van der Waals surface area contributed by atoms with Crippen LogP contribution in [0.1, 0.15) is 13.3 Å². The van der Waals surface area contributed by atoms with Crippen molar-refractivity contribution in [1.82, 2.24) is 0 Å². The van der Waals surface area contributed by atoms with Crippen molar-refractivity contribution in [3.8, 4) is 12.1 Å². The van der Waals surface area contributed by atoms with E-state index in [4.69, 9.17) is 31.3 Å². The lowest BCUT2D eigenvalue weighted by atomic mass is 9.88. The molecule has 0 unspecified atom stereocenters. The summed E-state index contributed by atoms with van der Waals surface area (Å²) in [7, 11) is 0. The van der Waals surface area contributed by atoms with Gasteiger partial charge in [-0.25, -0.2) is 14.4 Å². The van der Waals surface area contributed by atoms with Gasteiger partial charge in [-0.2, -0.15) is 10.5 Å². The van der Waals surface area contributed by atoms with Crippen molar-refractivity contribution in [2.45, 2.75) is 13.3 Å². The molecule has 0 aromatic rings. The monoisotopic (exact) mass is 371 g/mol. The molecular weight excluding hydrogens is 354 g/mol. The Kier molecular flexibility index (Phi) is 9.29. The van der Waals surface area contributed by atoms with Crippen LogP contribution in [-0.4, -0.2) is 37.7 Å².